The van der Waals surface area contributed by atoms with Gasteiger partial charge >= 0.3 is 6.18 Å². The van der Waals surface area contributed by atoms with Gasteiger partial charge in [-0.05, 0) is 45.3 Å². The van der Waals surface area contributed by atoms with Crippen LogP contribution in [-0.4, -0.2) is 36.0 Å². The van der Waals surface area contributed by atoms with E-state index in [2.05, 4.69) is 20.8 Å². The number of hydrogen-bond acceptors (Lipinski definition) is 1. The summed E-state index contributed by atoms with van der Waals surface area (Å²) in [6, 6.07) is 0. The molecule has 20 heavy (non-hydrogen) atoms. The van der Waals surface area contributed by atoms with Gasteiger partial charge in [-0.25, -0.2) is 0 Å². The molecule has 0 aromatic carbocycles. The molecule has 0 unspecified atom stereocenters. The van der Waals surface area contributed by atoms with Gasteiger partial charge in [0, 0.05) is 5.33 Å². The van der Waals surface area contributed by atoms with Crippen LogP contribution in [0.2, 0.25) is 0 Å². The van der Waals surface area contributed by atoms with Crippen LogP contribution in [0, 0.1) is 5.92 Å². The molecule has 1 nitrogen and oxygen atoms in total. The van der Waals surface area contributed by atoms with Crippen molar-refractivity contribution in [3.05, 3.63) is 0 Å². The Morgan fingerprint density at radius 1 is 0.850 bits per heavy atom. The second-order valence-corrected chi connectivity index (χ2v) is 6.61. The van der Waals surface area contributed by atoms with Crippen molar-refractivity contribution in [1.29, 1.82) is 0 Å². The van der Waals surface area contributed by atoms with E-state index in [1.807, 2.05) is 0 Å². The summed E-state index contributed by atoms with van der Waals surface area (Å²) in [6.07, 6.45) is 5.37. The Hall–Kier alpha value is 0.230. The predicted molar refractivity (Wildman–Crippen MR) is 81.3 cm³/mol. The van der Waals surface area contributed by atoms with E-state index in [1.165, 1.54) is 38.5 Å². The van der Waals surface area contributed by atoms with Gasteiger partial charge in [-0.1, -0.05) is 48.0 Å². The molecule has 0 spiro atoms. The maximum atomic E-state index is 12.5. The van der Waals surface area contributed by atoms with Crippen molar-refractivity contribution >= 4 is 15.9 Å². The van der Waals surface area contributed by atoms with Crippen LogP contribution in [0.3, 0.4) is 0 Å². The molecule has 0 aliphatic carbocycles. The molecule has 1 heterocycles. The second-order valence-electron chi connectivity index (χ2n) is 5.82. The first-order valence-corrected chi connectivity index (χ1v) is 9.01. The highest BCUT2D eigenvalue weighted by Gasteiger charge is 2.40. The van der Waals surface area contributed by atoms with Gasteiger partial charge in [-0.3, -0.25) is 0 Å². The van der Waals surface area contributed by atoms with Crippen molar-refractivity contribution in [3.63, 3.8) is 0 Å². The quantitative estimate of drug-likeness (QED) is 0.395. The Kier molecular flexibility index (Phi) is 9.18. The SMILES string of the molecule is FC(F)(F)C1CCN(CCCCCCCCCBr)CC1. The number of alkyl halides is 4. The van der Waals surface area contributed by atoms with Gasteiger partial charge in [0.1, 0.15) is 0 Å². The first-order chi connectivity index (χ1) is 9.54. The highest BCUT2D eigenvalue weighted by molar-refractivity contribution is 9.09. The van der Waals surface area contributed by atoms with Crippen LogP contribution in [0.5, 0.6) is 0 Å². The van der Waals surface area contributed by atoms with E-state index < -0.39 is 12.1 Å². The molecule has 0 aromatic heterocycles. The van der Waals surface area contributed by atoms with Gasteiger partial charge in [0.2, 0.25) is 0 Å². The summed E-state index contributed by atoms with van der Waals surface area (Å²) in [5, 5.41) is 1.10. The van der Waals surface area contributed by atoms with Gasteiger partial charge in [0.05, 0.1) is 5.92 Å². The number of halogens is 4. The smallest absolute Gasteiger partial charge is 0.303 e. The van der Waals surface area contributed by atoms with E-state index in [4.69, 9.17) is 0 Å². The van der Waals surface area contributed by atoms with E-state index in [9.17, 15) is 13.2 Å². The third kappa shape index (κ3) is 7.87. The van der Waals surface area contributed by atoms with Crippen molar-refractivity contribution in [2.45, 2.75) is 64.0 Å². The molecule has 0 amide bonds. The molecular formula is C15H27BrF3N. The summed E-state index contributed by atoms with van der Waals surface area (Å²) in [5.74, 6) is -1.06. The molecule has 1 aliphatic rings. The van der Waals surface area contributed by atoms with E-state index >= 15 is 0 Å². The van der Waals surface area contributed by atoms with Crippen LogP contribution in [0.4, 0.5) is 13.2 Å². The zero-order valence-electron chi connectivity index (χ0n) is 12.2. The predicted octanol–water partition coefficient (Wildman–Crippen LogP) is 5.39. The van der Waals surface area contributed by atoms with Gasteiger partial charge in [-0.2, -0.15) is 13.2 Å². The summed E-state index contributed by atoms with van der Waals surface area (Å²) in [4.78, 5) is 2.20. The van der Waals surface area contributed by atoms with Gasteiger partial charge in [0.25, 0.3) is 0 Å². The summed E-state index contributed by atoms with van der Waals surface area (Å²) in [5.41, 5.74) is 0. The maximum Gasteiger partial charge on any atom is 0.391 e. The third-order valence-corrected chi connectivity index (χ3v) is 4.72. The van der Waals surface area contributed by atoms with Gasteiger partial charge in [0.15, 0.2) is 0 Å². The summed E-state index contributed by atoms with van der Waals surface area (Å²) in [7, 11) is 0. The minimum Gasteiger partial charge on any atom is -0.303 e. The fraction of sp³-hybridized carbons (Fsp3) is 1.00. The second kappa shape index (κ2) is 10.0. The normalized spacial score (nSPS) is 18.6. The standard InChI is InChI=1S/C15H27BrF3N/c16-10-6-4-2-1-3-5-7-11-20-12-8-14(9-13-20)15(17,18)19/h14H,1-13H2. The Bertz CT molecular complexity index is 238. The van der Waals surface area contributed by atoms with Crippen LogP contribution < -0.4 is 0 Å². The monoisotopic (exact) mass is 357 g/mol. The minimum absolute atomic E-state index is 0.288. The third-order valence-electron chi connectivity index (χ3n) is 4.16. The number of nitrogens with zero attached hydrogens (tertiary/aromatic N) is 1. The number of unbranched alkanes of at least 4 members (excludes halogenated alkanes) is 6. The van der Waals surface area contributed by atoms with Crippen LogP contribution >= 0.6 is 15.9 Å². The van der Waals surface area contributed by atoms with Crippen LogP contribution in [0.25, 0.3) is 0 Å². The molecule has 0 saturated carbocycles. The van der Waals surface area contributed by atoms with Crippen molar-refractivity contribution in [2.24, 2.45) is 5.92 Å². The molecule has 1 aliphatic heterocycles. The first-order valence-electron chi connectivity index (χ1n) is 7.89. The minimum atomic E-state index is -3.98. The topological polar surface area (TPSA) is 3.24 Å². The van der Waals surface area contributed by atoms with E-state index in [0.717, 1.165) is 18.3 Å². The summed E-state index contributed by atoms with van der Waals surface area (Å²) >= 11 is 3.43. The Balaban J connectivity index is 1.94. The molecule has 120 valence electrons. The van der Waals surface area contributed by atoms with Gasteiger partial charge < -0.3 is 4.90 Å². The molecule has 1 fully saturated rings. The number of hydrogen-bond donors (Lipinski definition) is 0. The lowest BCUT2D eigenvalue weighted by Crippen LogP contribution is -2.39. The lowest BCUT2D eigenvalue weighted by Gasteiger charge is -2.32. The largest absolute Gasteiger partial charge is 0.391 e. The Labute approximate surface area is 129 Å². The number of piperidine rings is 1. The van der Waals surface area contributed by atoms with E-state index in [1.54, 1.807) is 0 Å². The Morgan fingerprint density at radius 2 is 1.35 bits per heavy atom. The first kappa shape index (κ1) is 18.3. The zero-order valence-corrected chi connectivity index (χ0v) is 13.8. The highest BCUT2D eigenvalue weighted by Crippen LogP contribution is 2.34. The molecule has 0 N–H and O–H groups in total. The van der Waals surface area contributed by atoms with Crippen molar-refractivity contribution < 1.29 is 13.2 Å². The lowest BCUT2D eigenvalue weighted by molar-refractivity contribution is -0.185. The highest BCUT2D eigenvalue weighted by atomic mass is 79.9. The van der Waals surface area contributed by atoms with Gasteiger partial charge in [-0.15, -0.1) is 0 Å². The average Bonchev–Trinajstić information content (AvgIpc) is 2.41. The van der Waals surface area contributed by atoms with E-state index in [0.29, 0.717) is 13.1 Å². The Morgan fingerprint density at radius 3 is 1.85 bits per heavy atom. The van der Waals surface area contributed by atoms with Crippen molar-refractivity contribution in [1.82, 2.24) is 4.90 Å². The molecule has 0 atom stereocenters. The molecule has 0 radical (unpaired) electrons. The lowest BCUT2D eigenvalue weighted by atomic mass is 9.96. The van der Waals surface area contributed by atoms with Crippen LogP contribution in [-0.2, 0) is 0 Å². The van der Waals surface area contributed by atoms with Crippen molar-refractivity contribution in [2.75, 3.05) is 25.0 Å². The molecule has 5 heteroatoms. The molecule has 1 rings (SSSR count). The molecular weight excluding hydrogens is 331 g/mol. The number of rotatable bonds is 9. The van der Waals surface area contributed by atoms with Crippen LogP contribution in [0.15, 0.2) is 0 Å². The fourth-order valence-corrected chi connectivity index (χ4v) is 3.19. The van der Waals surface area contributed by atoms with E-state index in [-0.39, 0.29) is 12.8 Å². The molecule has 0 bridgehead atoms. The summed E-state index contributed by atoms with van der Waals surface area (Å²) < 4.78 is 37.6. The van der Waals surface area contributed by atoms with Crippen molar-refractivity contribution in [3.8, 4) is 0 Å². The average molecular weight is 358 g/mol. The maximum absolute atomic E-state index is 12.5. The van der Waals surface area contributed by atoms with Crippen LogP contribution in [0.1, 0.15) is 57.8 Å². The summed E-state index contributed by atoms with van der Waals surface area (Å²) in [6.45, 7) is 2.22. The zero-order chi connectivity index (χ0) is 14.8. The molecule has 1 saturated heterocycles. The molecule has 0 aromatic rings. The fourth-order valence-electron chi connectivity index (χ4n) is 2.80. The number of likely N-dealkylation sites (tertiary alicyclic amines) is 1.